The zero-order chi connectivity index (χ0) is 17.7. The molecule has 0 aliphatic heterocycles. The minimum atomic E-state index is -2.65. The van der Waals surface area contributed by atoms with Crippen LogP contribution < -0.4 is 5.73 Å². The first-order valence-corrected chi connectivity index (χ1v) is 7.52. The number of hydrogen-bond donors (Lipinski definition) is 3. The van der Waals surface area contributed by atoms with Gasteiger partial charge in [-0.15, -0.1) is 0 Å². The van der Waals surface area contributed by atoms with Crippen LogP contribution in [0.15, 0.2) is 0 Å². The Morgan fingerprint density at radius 3 is 2.09 bits per heavy atom. The van der Waals surface area contributed by atoms with Crippen LogP contribution in [0, 0.1) is 11.8 Å². The molecule has 7 nitrogen and oxygen atoms in total. The van der Waals surface area contributed by atoms with Crippen LogP contribution in [0.25, 0.3) is 0 Å². The molecule has 0 saturated heterocycles. The first-order valence-electron chi connectivity index (χ1n) is 7.52. The van der Waals surface area contributed by atoms with Gasteiger partial charge in [-0.25, -0.2) is 4.79 Å². The fourth-order valence-corrected chi connectivity index (χ4v) is 1.88. The number of hydrogen-bond acceptors (Lipinski definition) is 5. The number of carboxylic acid groups (broad SMARTS) is 1. The third-order valence-electron chi connectivity index (χ3n) is 3.58. The molecular formula is C15H28N2O5. The van der Waals surface area contributed by atoms with E-state index in [9.17, 15) is 19.5 Å². The van der Waals surface area contributed by atoms with Crippen molar-refractivity contribution in [1.29, 1.82) is 0 Å². The maximum Gasteiger partial charge on any atom is 0.345 e. The van der Waals surface area contributed by atoms with Gasteiger partial charge in [0, 0.05) is 6.54 Å². The van der Waals surface area contributed by atoms with Crippen molar-refractivity contribution < 1.29 is 24.6 Å². The van der Waals surface area contributed by atoms with Crippen molar-refractivity contribution in [3.63, 3.8) is 0 Å². The van der Waals surface area contributed by atoms with E-state index in [2.05, 4.69) is 0 Å². The number of rotatable bonds is 8. The van der Waals surface area contributed by atoms with Gasteiger partial charge in [-0.3, -0.25) is 14.5 Å². The Hall–Kier alpha value is -1.47. The SMILES string of the molecule is CCC(C)CN(C(=O)[C@@H](N)CC(C)C)C(=O)C(C)(O)C(=O)O. The third kappa shape index (κ3) is 5.38. The summed E-state index contributed by atoms with van der Waals surface area (Å²) < 4.78 is 0. The molecule has 7 heteroatoms. The second-order valence-corrected chi connectivity index (χ2v) is 6.38. The van der Waals surface area contributed by atoms with Crippen LogP contribution in [0.2, 0.25) is 0 Å². The smallest absolute Gasteiger partial charge is 0.345 e. The van der Waals surface area contributed by atoms with E-state index < -0.39 is 29.4 Å². The van der Waals surface area contributed by atoms with Gasteiger partial charge in [0.05, 0.1) is 6.04 Å². The minimum Gasteiger partial charge on any atom is -0.479 e. The summed E-state index contributed by atoms with van der Waals surface area (Å²) in [5.74, 6) is -3.37. The van der Waals surface area contributed by atoms with Crippen molar-refractivity contribution in [2.45, 2.75) is 59.1 Å². The van der Waals surface area contributed by atoms with Gasteiger partial charge in [-0.2, -0.15) is 0 Å². The third-order valence-corrected chi connectivity index (χ3v) is 3.58. The second kappa shape index (κ2) is 8.24. The van der Waals surface area contributed by atoms with Gasteiger partial charge in [0.25, 0.3) is 5.91 Å². The predicted octanol–water partition coefficient (Wildman–Crippen LogP) is 0.597. The number of aliphatic carboxylic acids is 1. The number of carbonyl (C=O) groups is 3. The Bertz CT molecular complexity index is 420. The molecule has 3 atom stereocenters. The molecule has 0 fully saturated rings. The van der Waals surface area contributed by atoms with Crippen molar-refractivity contribution >= 4 is 17.8 Å². The molecule has 0 saturated carbocycles. The van der Waals surface area contributed by atoms with Gasteiger partial charge in [0.1, 0.15) is 0 Å². The molecule has 0 bridgehead atoms. The molecule has 0 aliphatic rings. The van der Waals surface area contributed by atoms with Crippen LogP contribution in [0.1, 0.15) is 47.5 Å². The van der Waals surface area contributed by atoms with Crippen LogP contribution in [-0.4, -0.2) is 51.1 Å². The van der Waals surface area contributed by atoms with E-state index in [1.54, 1.807) is 0 Å². The number of nitrogens with two attached hydrogens (primary N) is 1. The molecule has 0 aliphatic carbocycles. The lowest BCUT2D eigenvalue weighted by Gasteiger charge is -2.31. The summed E-state index contributed by atoms with van der Waals surface area (Å²) in [6.07, 6.45) is 1.07. The highest BCUT2D eigenvalue weighted by atomic mass is 16.4. The lowest BCUT2D eigenvalue weighted by atomic mass is 9.99. The topological polar surface area (TPSA) is 121 Å². The quantitative estimate of drug-likeness (QED) is 0.564. The zero-order valence-electron chi connectivity index (χ0n) is 14.0. The van der Waals surface area contributed by atoms with Gasteiger partial charge >= 0.3 is 5.97 Å². The molecule has 2 amide bonds. The second-order valence-electron chi connectivity index (χ2n) is 6.38. The maximum atomic E-state index is 12.4. The van der Waals surface area contributed by atoms with E-state index in [1.165, 1.54) is 0 Å². The fraction of sp³-hybridized carbons (Fsp3) is 0.800. The Balaban J connectivity index is 5.41. The maximum absolute atomic E-state index is 12.4. The van der Waals surface area contributed by atoms with Crippen LogP contribution in [0.3, 0.4) is 0 Å². The molecule has 0 aromatic carbocycles. The highest BCUT2D eigenvalue weighted by molar-refractivity contribution is 6.11. The van der Waals surface area contributed by atoms with Crippen LogP contribution in [-0.2, 0) is 14.4 Å². The Labute approximate surface area is 131 Å². The molecule has 22 heavy (non-hydrogen) atoms. The van der Waals surface area contributed by atoms with E-state index in [-0.39, 0.29) is 18.4 Å². The highest BCUT2D eigenvalue weighted by Gasteiger charge is 2.45. The largest absolute Gasteiger partial charge is 0.479 e. The first-order chi connectivity index (χ1) is 9.94. The molecule has 128 valence electrons. The van der Waals surface area contributed by atoms with Gasteiger partial charge in [-0.1, -0.05) is 34.1 Å². The number of nitrogens with zero attached hydrogens (tertiary/aromatic N) is 1. The highest BCUT2D eigenvalue weighted by Crippen LogP contribution is 2.16. The molecule has 0 heterocycles. The summed E-state index contributed by atoms with van der Waals surface area (Å²) in [4.78, 5) is 36.6. The van der Waals surface area contributed by atoms with Crippen molar-refractivity contribution in [2.75, 3.05) is 6.54 Å². The van der Waals surface area contributed by atoms with E-state index >= 15 is 0 Å². The number of imide groups is 1. The zero-order valence-corrected chi connectivity index (χ0v) is 14.0. The molecule has 0 radical (unpaired) electrons. The van der Waals surface area contributed by atoms with Crippen LogP contribution in [0.5, 0.6) is 0 Å². The molecule has 0 rings (SSSR count). The molecule has 0 aromatic heterocycles. The summed E-state index contributed by atoms with van der Waals surface area (Å²) in [6, 6.07) is -0.905. The number of aliphatic hydroxyl groups is 1. The standard InChI is InChI=1S/C15H28N2O5/c1-6-10(4)8-17(12(18)11(16)7-9(2)3)13(19)15(5,22)14(20)21/h9-11,22H,6-8,16H2,1-5H3,(H,20,21)/t10?,11-,15?/m0/s1. The monoisotopic (exact) mass is 316 g/mol. The number of amides is 2. The predicted molar refractivity (Wildman–Crippen MR) is 81.9 cm³/mol. The Morgan fingerprint density at radius 2 is 1.73 bits per heavy atom. The summed E-state index contributed by atoms with van der Waals surface area (Å²) in [7, 11) is 0. The Kier molecular flexibility index (Phi) is 7.69. The van der Waals surface area contributed by atoms with Crippen molar-refractivity contribution in [3.8, 4) is 0 Å². The van der Waals surface area contributed by atoms with Crippen molar-refractivity contribution in [2.24, 2.45) is 17.6 Å². The van der Waals surface area contributed by atoms with E-state index in [1.807, 2.05) is 27.7 Å². The summed E-state index contributed by atoms with van der Waals surface area (Å²) in [5.41, 5.74) is 3.17. The summed E-state index contributed by atoms with van der Waals surface area (Å²) >= 11 is 0. The normalized spacial score (nSPS) is 16.7. The summed E-state index contributed by atoms with van der Waals surface area (Å²) in [6.45, 7) is 8.40. The lowest BCUT2D eigenvalue weighted by molar-refractivity contribution is -0.172. The molecular weight excluding hydrogens is 288 g/mol. The van der Waals surface area contributed by atoms with E-state index in [4.69, 9.17) is 10.8 Å². The average molecular weight is 316 g/mol. The van der Waals surface area contributed by atoms with Crippen molar-refractivity contribution in [3.05, 3.63) is 0 Å². The molecule has 2 unspecified atom stereocenters. The molecule has 0 aromatic rings. The fourth-order valence-electron chi connectivity index (χ4n) is 1.88. The van der Waals surface area contributed by atoms with Crippen molar-refractivity contribution in [1.82, 2.24) is 4.90 Å². The Morgan fingerprint density at radius 1 is 1.23 bits per heavy atom. The van der Waals surface area contributed by atoms with Gasteiger partial charge in [0.15, 0.2) is 0 Å². The van der Waals surface area contributed by atoms with Gasteiger partial charge in [-0.05, 0) is 25.2 Å². The lowest BCUT2D eigenvalue weighted by Crippen LogP contribution is -2.58. The first kappa shape index (κ1) is 20.5. The van der Waals surface area contributed by atoms with Crippen LogP contribution in [0.4, 0.5) is 0 Å². The van der Waals surface area contributed by atoms with Gasteiger partial charge < -0.3 is 15.9 Å². The van der Waals surface area contributed by atoms with E-state index in [0.717, 1.165) is 11.8 Å². The van der Waals surface area contributed by atoms with E-state index in [0.29, 0.717) is 12.8 Å². The average Bonchev–Trinajstić information content (AvgIpc) is 2.41. The number of carbonyl (C=O) groups excluding carboxylic acids is 2. The minimum absolute atomic E-state index is 0.0243. The summed E-state index contributed by atoms with van der Waals surface area (Å²) in [5, 5.41) is 18.8. The number of carboxylic acids is 1. The molecule has 0 spiro atoms. The van der Waals surface area contributed by atoms with Crippen LogP contribution >= 0.6 is 0 Å². The molecule has 4 N–H and O–H groups in total. The van der Waals surface area contributed by atoms with Gasteiger partial charge in [0.2, 0.25) is 11.5 Å².